The molecule has 3 N–H and O–H groups in total. The number of para-hydroxylation sites is 2. The van der Waals surface area contributed by atoms with Gasteiger partial charge in [0.2, 0.25) is 0 Å². The largest absolute Gasteiger partial charge is 0.506 e. The molecule has 4 aromatic rings. The number of amides is 2. The number of hydrogen-bond donors (Lipinski definition) is 3. The lowest BCUT2D eigenvalue weighted by Gasteiger charge is -2.25. The van der Waals surface area contributed by atoms with Gasteiger partial charge in [-0.3, -0.25) is 5.32 Å². The van der Waals surface area contributed by atoms with Gasteiger partial charge in [0.25, 0.3) is 0 Å². The van der Waals surface area contributed by atoms with E-state index in [0.29, 0.717) is 17.4 Å². The average Bonchev–Trinajstić information content (AvgIpc) is 3.28. The van der Waals surface area contributed by atoms with Crippen molar-refractivity contribution in [2.45, 2.75) is 19.3 Å². The second-order valence-electron chi connectivity index (χ2n) is 8.49. The van der Waals surface area contributed by atoms with Gasteiger partial charge in [0, 0.05) is 26.5 Å². The molecule has 2 amide bonds. The van der Waals surface area contributed by atoms with Gasteiger partial charge in [0.15, 0.2) is 5.13 Å². The number of rotatable bonds is 3. The summed E-state index contributed by atoms with van der Waals surface area (Å²) in [5, 5.41) is 17.0. The first kappa shape index (κ1) is 22.2. The summed E-state index contributed by atoms with van der Waals surface area (Å²) in [7, 11) is 0. The van der Waals surface area contributed by atoms with E-state index in [1.54, 1.807) is 6.07 Å². The fourth-order valence-corrected chi connectivity index (χ4v) is 6.52. The number of thiazole rings is 1. The summed E-state index contributed by atoms with van der Waals surface area (Å²) >= 11 is 8.52. The fourth-order valence-electron chi connectivity index (χ4n) is 4.25. The number of fused-ring (bicyclic) bond motifs is 2. The summed E-state index contributed by atoms with van der Waals surface area (Å²) < 4.78 is 2.90. The lowest BCUT2D eigenvalue weighted by Crippen LogP contribution is -2.26. The highest BCUT2D eigenvalue weighted by molar-refractivity contribution is 9.10. The third-order valence-corrected chi connectivity index (χ3v) is 7.71. The van der Waals surface area contributed by atoms with Gasteiger partial charge in [-0.05, 0) is 42.5 Å². The number of aromatic hydroxyl groups is 1. The lowest BCUT2D eigenvalue weighted by molar-refractivity contribution is 0.262. The summed E-state index contributed by atoms with van der Waals surface area (Å²) in [4.78, 5) is 19.4. The molecule has 0 aliphatic carbocycles. The summed E-state index contributed by atoms with van der Waals surface area (Å²) in [5.74, 6) is 0.207. The topological polar surface area (TPSA) is 77.5 Å². The van der Waals surface area contributed by atoms with Gasteiger partial charge in [0.1, 0.15) is 5.75 Å². The number of phenolic OH excluding ortho intramolecular Hbond substituents is 1. The molecule has 1 aromatic heterocycles. The lowest BCUT2D eigenvalue weighted by atomic mass is 9.87. The van der Waals surface area contributed by atoms with E-state index in [2.05, 4.69) is 66.2 Å². The summed E-state index contributed by atoms with van der Waals surface area (Å²) in [6.07, 6.45) is 0. The Morgan fingerprint density at radius 3 is 2.73 bits per heavy atom. The summed E-state index contributed by atoms with van der Waals surface area (Å²) in [5.41, 5.74) is 3.87. The smallest absolute Gasteiger partial charge is 0.325 e. The zero-order chi connectivity index (χ0) is 23.3. The molecule has 2 heterocycles. The predicted molar refractivity (Wildman–Crippen MR) is 142 cm³/mol. The summed E-state index contributed by atoms with van der Waals surface area (Å²) in [6, 6.07) is 16.6. The molecule has 3 aromatic carbocycles. The van der Waals surface area contributed by atoms with Crippen LogP contribution < -0.4 is 15.5 Å². The van der Waals surface area contributed by atoms with E-state index < -0.39 is 0 Å². The van der Waals surface area contributed by atoms with Gasteiger partial charge in [-0.15, -0.1) is 0 Å². The quantitative estimate of drug-likeness (QED) is 0.231. The van der Waals surface area contributed by atoms with Gasteiger partial charge < -0.3 is 15.3 Å². The van der Waals surface area contributed by atoms with E-state index in [-0.39, 0.29) is 17.2 Å². The first-order valence-electron chi connectivity index (χ1n) is 10.3. The number of anilines is 4. The zero-order valence-electron chi connectivity index (χ0n) is 17.8. The van der Waals surface area contributed by atoms with Crippen molar-refractivity contribution in [3.63, 3.8) is 0 Å². The highest BCUT2D eigenvalue weighted by Gasteiger charge is 2.40. The standard InChI is InChI=1S/C24H20Br2N4O2S/c1-24(2)12-30(21-18(31)10-8-14(26)20(21)24)17-6-4-3-5-15(17)27-22(32)29-23-28-16-9-7-13(25)11-19(16)33-23/h3-11,31H,12H2,1-2H3,(H2,27,28,29,32). The van der Waals surface area contributed by atoms with Gasteiger partial charge in [-0.1, -0.05) is 69.2 Å². The molecule has 0 atom stereocenters. The minimum Gasteiger partial charge on any atom is -0.506 e. The monoisotopic (exact) mass is 586 g/mol. The van der Waals surface area contributed by atoms with E-state index >= 15 is 0 Å². The molecular weight excluding hydrogens is 568 g/mol. The van der Waals surface area contributed by atoms with Gasteiger partial charge >= 0.3 is 6.03 Å². The minimum absolute atomic E-state index is 0.197. The maximum absolute atomic E-state index is 12.8. The zero-order valence-corrected chi connectivity index (χ0v) is 21.8. The van der Waals surface area contributed by atoms with Crippen LogP contribution in [0.15, 0.2) is 63.5 Å². The molecule has 0 saturated heterocycles. The molecular formula is C24H20Br2N4O2S. The van der Waals surface area contributed by atoms with Crippen molar-refractivity contribution in [1.29, 1.82) is 0 Å². The number of aromatic nitrogens is 1. The van der Waals surface area contributed by atoms with Crippen LogP contribution in [0.25, 0.3) is 10.2 Å². The molecule has 1 aliphatic rings. The first-order chi connectivity index (χ1) is 15.7. The Kier molecular flexibility index (Phi) is 5.58. The van der Waals surface area contributed by atoms with Crippen LogP contribution in [0, 0.1) is 0 Å². The highest BCUT2D eigenvalue weighted by Crippen LogP contribution is 2.52. The number of phenols is 1. The molecule has 33 heavy (non-hydrogen) atoms. The number of halogens is 2. The Morgan fingerprint density at radius 2 is 1.91 bits per heavy atom. The van der Waals surface area contributed by atoms with Crippen LogP contribution >= 0.6 is 43.2 Å². The van der Waals surface area contributed by atoms with E-state index in [1.165, 1.54) is 11.3 Å². The van der Waals surface area contributed by atoms with E-state index in [4.69, 9.17) is 0 Å². The van der Waals surface area contributed by atoms with Crippen LogP contribution in [0.3, 0.4) is 0 Å². The third kappa shape index (κ3) is 4.09. The van der Waals surface area contributed by atoms with Crippen molar-refractivity contribution in [2.75, 3.05) is 22.1 Å². The summed E-state index contributed by atoms with van der Waals surface area (Å²) in [6.45, 7) is 4.94. The molecule has 0 unspecified atom stereocenters. The van der Waals surface area contributed by atoms with E-state index in [0.717, 1.165) is 36.1 Å². The Balaban J connectivity index is 1.44. The normalized spacial score (nSPS) is 14.4. The van der Waals surface area contributed by atoms with Gasteiger partial charge in [0.05, 0.1) is 27.3 Å². The van der Waals surface area contributed by atoms with Crippen LogP contribution in [0.5, 0.6) is 5.75 Å². The number of hydrogen-bond acceptors (Lipinski definition) is 5. The Morgan fingerprint density at radius 1 is 1.12 bits per heavy atom. The van der Waals surface area contributed by atoms with Crippen LogP contribution in [-0.2, 0) is 5.41 Å². The van der Waals surface area contributed by atoms with Crippen molar-refractivity contribution < 1.29 is 9.90 Å². The Bertz CT molecular complexity index is 1400. The number of benzene rings is 3. The third-order valence-electron chi connectivity index (χ3n) is 5.62. The number of nitrogens with zero attached hydrogens (tertiary/aromatic N) is 2. The maximum Gasteiger partial charge on any atom is 0.325 e. The number of nitrogens with one attached hydrogen (secondary N) is 2. The van der Waals surface area contributed by atoms with Crippen molar-refractivity contribution in [3.8, 4) is 5.75 Å². The van der Waals surface area contributed by atoms with Crippen LogP contribution in [0.4, 0.5) is 27.0 Å². The molecule has 0 fully saturated rings. The Hall–Kier alpha value is -2.62. The predicted octanol–water partition coefficient (Wildman–Crippen LogP) is 7.60. The number of carbonyl (C=O) groups is 1. The molecule has 9 heteroatoms. The van der Waals surface area contributed by atoms with Crippen molar-refractivity contribution in [1.82, 2.24) is 4.98 Å². The molecule has 0 spiro atoms. The molecule has 1 aliphatic heterocycles. The van der Waals surface area contributed by atoms with Gasteiger partial charge in [-0.25, -0.2) is 9.78 Å². The van der Waals surface area contributed by atoms with E-state index in [9.17, 15) is 9.90 Å². The van der Waals surface area contributed by atoms with Crippen LogP contribution in [0.2, 0.25) is 0 Å². The number of carbonyl (C=O) groups excluding carboxylic acids is 1. The van der Waals surface area contributed by atoms with Crippen molar-refractivity contribution in [2.24, 2.45) is 0 Å². The second-order valence-corrected chi connectivity index (χ2v) is 11.3. The average molecular weight is 588 g/mol. The molecule has 168 valence electrons. The minimum atomic E-state index is -0.377. The SMILES string of the molecule is CC1(C)CN(c2ccccc2NC(=O)Nc2nc3ccc(Br)cc3s2)c2c(O)ccc(Br)c21. The molecule has 0 bridgehead atoms. The fraction of sp³-hybridized carbons (Fsp3) is 0.167. The molecule has 0 radical (unpaired) electrons. The first-order valence-corrected chi connectivity index (χ1v) is 12.7. The molecule has 5 rings (SSSR count). The molecule has 6 nitrogen and oxygen atoms in total. The van der Waals surface area contributed by atoms with Gasteiger partial charge in [-0.2, -0.15) is 0 Å². The van der Waals surface area contributed by atoms with Crippen molar-refractivity contribution in [3.05, 3.63) is 69.1 Å². The van der Waals surface area contributed by atoms with Crippen LogP contribution in [-0.4, -0.2) is 22.7 Å². The van der Waals surface area contributed by atoms with E-state index in [1.807, 2.05) is 48.5 Å². The highest BCUT2D eigenvalue weighted by atomic mass is 79.9. The Labute approximate surface area is 211 Å². The van der Waals surface area contributed by atoms with Crippen molar-refractivity contribution >= 4 is 81.6 Å². The second kappa shape index (κ2) is 8.30. The van der Waals surface area contributed by atoms with Crippen LogP contribution in [0.1, 0.15) is 19.4 Å². The maximum atomic E-state index is 12.8. The number of urea groups is 1. The molecule has 0 saturated carbocycles.